The van der Waals surface area contributed by atoms with Gasteiger partial charge in [0.1, 0.15) is 5.75 Å². The molecule has 4 nitrogen and oxygen atoms in total. The highest BCUT2D eigenvalue weighted by molar-refractivity contribution is 5.95. The first-order chi connectivity index (χ1) is 11.3. The van der Waals surface area contributed by atoms with Crippen molar-refractivity contribution in [1.29, 1.82) is 0 Å². The van der Waals surface area contributed by atoms with E-state index in [0.29, 0.717) is 6.42 Å². The van der Waals surface area contributed by atoms with Crippen LogP contribution >= 0.6 is 0 Å². The fourth-order valence-corrected chi connectivity index (χ4v) is 3.28. The second-order valence-electron chi connectivity index (χ2n) is 6.15. The van der Waals surface area contributed by atoms with Crippen molar-refractivity contribution in [1.82, 2.24) is 0 Å². The third-order valence-corrected chi connectivity index (χ3v) is 4.55. The second kappa shape index (κ2) is 5.95. The lowest BCUT2D eigenvalue weighted by Gasteiger charge is -2.18. The van der Waals surface area contributed by atoms with E-state index in [1.165, 1.54) is 18.5 Å². The van der Waals surface area contributed by atoms with E-state index in [9.17, 15) is 4.79 Å². The van der Waals surface area contributed by atoms with E-state index in [1.54, 1.807) is 0 Å². The maximum atomic E-state index is 12.4. The predicted molar refractivity (Wildman–Crippen MR) is 91.1 cm³/mol. The molecule has 1 unspecified atom stereocenters. The van der Waals surface area contributed by atoms with Crippen molar-refractivity contribution in [2.45, 2.75) is 25.4 Å². The van der Waals surface area contributed by atoms with Crippen LogP contribution in [0.2, 0.25) is 0 Å². The van der Waals surface area contributed by atoms with Crippen LogP contribution in [0.3, 0.4) is 0 Å². The van der Waals surface area contributed by atoms with Crippen LogP contribution in [0.5, 0.6) is 5.75 Å². The number of carbonyl (C=O) groups excluding carboxylic acids is 1. The number of carbonyl (C=O) groups is 1. The van der Waals surface area contributed by atoms with Crippen molar-refractivity contribution in [3.8, 4) is 5.75 Å². The zero-order valence-electron chi connectivity index (χ0n) is 13.0. The number of nitrogens with zero attached hydrogens (tertiary/aromatic N) is 1. The molecule has 1 atom stereocenters. The van der Waals surface area contributed by atoms with E-state index in [2.05, 4.69) is 22.3 Å². The summed E-state index contributed by atoms with van der Waals surface area (Å²) in [7, 11) is 0. The summed E-state index contributed by atoms with van der Waals surface area (Å²) in [6.45, 7) is 2.25. The summed E-state index contributed by atoms with van der Waals surface area (Å²) >= 11 is 0. The van der Waals surface area contributed by atoms with Gasteiger partial charge in [-0.05, 0) is 48.7 Å². The van der Waals surface area contributed by atoms with Crippen LogP contribution in [0.4, 0.5) is 11.4 Å². The molecule has 2 heterocycles. The Hall–Kier alpha value is -2.49. The van der Waals surface area contributed by atoms with Crippen LogP contribution in [-0.4, -0.2) is 25.1 Å². The van der Waals surface area contributed by atoms with E-state index in [-0.39, 0.29) is 5.91 Å². The zero-order valence-corrected chi connectivity index (χ0v) is 13.0. The molecule has 23 heavy (non-hydrogen) atoms. The fourth-order valence-electron chi connectivity index (χ4n) is 3.28. The van der Waals surface area contributed by atoms with Crippen LogP contribution in [0.15, 0.2) is 48.5 Å². The Morgan fingerprint density at radius 2 is 1.78 bits per heavy atom. The van der Waals surface area contributed by atoms with E-state index in [0.717, 1.165) is 30.1 Å². The largest absolute Gasteiger partial charge is 0.480 e. The molecule has 118 valence electrons. The van der Waals surface area contributed by atoms with Crippen molar-refractivity contribution < 1.29 is 9.53 Å². The third-order valence-electron chi connectivity index (χ3n) is 4.55. The number of para-hydroxylation sites is 1. The van der Waals surface area contributed by atoms with Crippen LogP contribution in [-0.2, 0) is 11.2 Å². The molecule has 1 N–H and O–H groups in total. The van der Waals surface area contributed by atoms with Crippen molar-refractivity contribution in [2.24, 2.45) is 0 Å². The molecule has 4 rings (SSSR count). The summed E-state index contributed by atoms with van der Waals surface area (Å²) in [6.07, 6.45) is 2.72. The van der Waals surface area contributed by atoms with Crippen LogP contribution < -0.4 is 15.0 Å². The minimum absolute atomic E-state index is 0.0878. The van der Waals surface area contributed by atoms with Crippen LogP contribution in [0.1, 0.15) is 18.4 Å². The first-order valence-corrected chi connectivity index (χ1v) is 8.20. The fraction of sp³-hybridized carbons (Fsp3) is 0.316. The highest BCUT2D eigenvalue weighted by Crippen LogP contribution is 2.29. The molecule has 0 saturated carbocycles. The Balaban J connectivity index is 1.39. The molecule has 2 aromatic rings. The number of anilines is 2. The zero-order chi connectivity index (χ0) is 15.6. The molecule has 1 saturated heterocycles. The molecule has 0 spiro atoms. The van der Waals surface area contributed by atoms with Crippen molar-refractivity contribution in [2.75, 3.05) is 23.3 Å². The second-order valence-corrected chi connectivity index (χ2v) is 6.15. The summed E-state index contributed by atoms with van der Waals surface area (Å²) in [4.78, 5) is 14.8. The lowest BCUT2D eigenvalue weighted by Crippen LogP contribution is -2.31. The summed E-state index contributed by atoms with van der Waals surface area (Å²) in [5.41, 5.74) is 3.14. The van der Waals surface area contributed by atoms with Gasteiger partial charge in [-0.3, -0.25) is 4.79 Å². The number of nitrogens with one attached hydrogen (secondary N) is 1. The van der Waals surface area contributed by atoms with Crippen molar-refractivity contribution in [3.63, 3.8) is 0 Å². The quantitative estimate of drug-likeness (QED) is 0.946. The van der Waals surface area contributed by atoms with Gasteiger partial charge in [0.15, 0.2) is 6.10 Å². The molecule has 2 aliphatic heterocycles. The number of fused-ring (bicyclic) bond motifs is 1. The topological polar surface area (TPSA) is 41.6 Å². The Morgan fingerprint density at radius 1 is 1.04 bits per heavy atom. The number of hydrogen-bond donors (Lipinski definition) is 1. The lowest BCUT2D eigenvalue weighted by molar-refractivity contribution is -0.122. The molecule has 0 aliphatic carbocycles. The normalized spacial score (nSPS) is 19.3. The van der Waals surface area contributed by atoms with Gasteiger partial charge < -0.3 is 15.0 Å². The molecule has 2 aromatic carbocycles. The van der Waals surface area contributed by atoms with Gasteiger partial charge in [-0.2, -0.15) is 0 Å². The molecule has 2 aliphatic rings. The Morgan fingerprint density at radius 3 is 2.52 bits per heavy atom. The van der Waals surface area contributed by atoms with Gasteiger partial charge in [0.25, 0.3) is 5.91 Å². The van der Waals surface area contributed by atoms with E-state index in [1.807, 2.05) is 36.4 Å². The number of amides is 1. The number of ether oxygens (including phenoxy) is 1. The molecule has 0 bridgehead atoms. The number of benzene rings is 2. The van der Waals surface area contributed by atoms with Gasteiger partial charge in [-0.25, -0.2) is 0 Å². The molecule has 1 fully saturated rings. The van der Waals surface area contributed by atoms with Crippen molar-refractivity contribution >= 4 is 17.3 Å². The first-order valence-electron chi connectivity index (χ1n) is 8.20. The maximum absolute atomic E-state index is 12.4. The highest BCUT2D eigenvalue weighted by atomic mass is 16.5. The average Bonchev–Trinajstić information content (AvgIpc) is 3.25. The molecule has 1 amide bonds. The summed E-state index contributed by atoms with van der Waals surface area (Å²) in [5.74, 6) is 0.729. The standard InChI is InChI=1S/C19H20N2O2/c22-19(18-13-14-5-1-2-6-17(14)23-18)20-15-7-9-16(10-8-15)21-11-3-4-12-21/h1-2,5-10,18H,3-4,11-13H2,(H,20,22). The van der Waals surface area contributed by atoms with Gasteiger partial charge in [-0.1, -0.05) is 18.2 Å². The van der Waals surface area contributed by atoms with Gasteiger partial charge >= 0.3 is 0 Å². The monoisotopic (exact) mass is 308 g/mol. The molecular weight excluding hydrogens is 288 g/mol. The van der Waals surface area contributed by atoms with E-state index < -0.39 is 6.10 Å². The van der Waals surface area contributed by atoms with E-state index in [4.69, 9.17) is 4.74 Å². The van der Waals surface area contributed by atoms with Gasteiger partial charge in [0.2, 0.25) is 0 Å². The van der Waals surface area contributed by atoms with Crippen molar-refractivity contribution in [3.05, 3.63) is 54.1 Å². The molecular formula is C19H20N2O2. The van der Waals surface area contributed by atoms with Gasteiger partial charge in [0, 0.05) is 30.9 Å². The molecule has 4 heteroatoms. The minimum Gasteiger partial charge on any atom is -0.480 e. The average molecular weight is 308 g/mol. The summed E-state index contributed by atoms with van der Waals surface area (Å²) < 4.78 is 5.73. The SMILES string of the molecule is O=C(Nc1ccc(N2CCCC2)cc1)C1Cc2ccccc2O1. The third kappa shape index (κ3) is 2.89. The number of hydrogen-bond acceptors (Lipinski definition) is 3. The summed E-state index contributed by atoms with van der Waals surface area (Å²) in [5, 5.41) is 2.95. The Labute approximate surface area is 136 Å². The summed E-state index contributed by atoms with van der Waals surface area (Å²) in [6, 6.07) is 15.9. The lowest BCUT2D eigenvalue weighted by atomic mass is 10.1. The molecule has 0 aromatic heterocycles. The Kier molecular flexibility index (Phi) is 3.66. The van der Waals surface area contributed by atoms with E-state index >= 15 is 0 Å². The minimum atomic E-state index is -0.439. The highest BCUT2D eigenvalue weighted by Gasteiger charge is 2.28. The maximum Gasteiger partial charge on any atom is 0.265 e. The molecule has 0 radical (unpaired) electrons. The first kappa shape index (κ1) is 14.1. The van der Waals surface area contributed by atoms with Gasteiger partial charge in [0.05, 0.1) is 0 Å². The van der Waals surface area contributed by atoms with Crippen LogP contribution in [0, 0.1) is 0 Å². The smallest absolute Gasteiger partial charge is 0.265 e. The van der Waals surface area contributed by atoms with Crippen LogP contribution in [0.25, 0.3) is 0 Å². The number of rotatable bonds is 3. The van der Waals surface area contributed by atoms with Gasteiger partial charge in [-0.15, -0.1) is 0 Å². The predicted octanol–water partition coefficient (Wildman–Crippen LogP) is 3.23. The Bertz CT molecular complexity index is 681.